The van der Waals surface area contributed by atoms with E-state index >= 15 is 0 Å². The van der Waals surface area contributed by atoms with Crippen molar-refractivity contribution in [1.29, 1.82) is 0 Å². The van der Waals surface area contributed by atoms with Crippen LogP contribution >= 0.6 is 23.4 Å². The van der Waals surface area contributed by atoms with Crippen molar-refractivity contribution >= 4 is 57.1 Å². The lowest BCUT2D eigenvalue weighted by Gasteiger charge is -2.28. The molecule has 3 amide bonds. The van der Waals surface area contributed by atoms with Crippen LogP contribution in [-0.4, -0.2) is 60.7 Å². The van der Waals surface area contributed by atoms with Gasteiger partial charge < -0.3 is 20.8 Å². The smallest absolute Gasteiger partial charge is 0.326 e. The number of thioether (sulfide) groups is 1. The quantitative estimate of drug-likeness (QED) is 0.0773. The molecule has 0 radical (unpaired) electrons. The molecule has 52 heavy (non-hydrogen) atoms. The molecule has 1 atom stereocenters. The lowest BCUT2D eigenvalue weighted by molar-refractivity contribution is -0.139. The number of phenolic OH excluding ortho intramolecular Hbond substituents is 1. The van der Waals surface area contributed by atoms with Crippen LogP contribution in [0, 0.1) is 0 Å². The molecule has 282 valence electrons. The number of aliphatic carboxylic acids is 1. The average molecular weight is 774 g/mol. The Bertz CT molecular complexity index is 1820. The summed E-state index contributed by atoms with van der Waals surface area (Å²) in [7, 11) is -4.15. The lowest BCUT2D eigenvalue weighted by Crippen LogP contribution is -2.40. The third kappa shape index (κ3) is 12.6. The summed E-state index contributed by atoms with van der Waals surface area (Å²) in [5.41, 5.74) is 1.41. The van der Waals surface area contributed by atoms with Crippen LogP contribution in [-0.2, 0) is 30.4 Å². The Hall–Kier alpha value is -4.07. The number of nitrogens with one attached hydrogen (secondary N) is 3. The molecule has 0 spiro atoms. The van der Waals surface area contributed by atoms with Gasteiger partial charge in [-0.25, -0.2) is 17.9 Å². The molecule has 5 N–H and O–H groups in total. The number of carboxylic acid groups (broad SMARTS) is 1. The Labute approximate surface area is 315 Å². The van der Waals surface area contributed by atoms with E-state index in [-0.39, 0.29) is 39.2 Å². The third-order valence-electron chi connectivity index (χ3n) is 8.12. The third-order valence-corrected chi connectivity index (χ3v) is 10.8. The predicted octanol–water partition coefficient (Wildman–Crippen LogP) is 6.80. The minimum Gasteiger partial charge on any atom is -0.507 e. The van der Waals surface area contributed by atoms with Crippen LogP contribution in [0.3, 0.4) is 0 Å². The summed E-state index contributed by atoms with van der Waals surface area (Å²) in [6.45, 7) is 12.8. The summed E-state index contributed by atoms with van der Waals surface area (Å²) in [5, 5.41) is 26.3. The number of hydrogen-bond acceptors (Lipinski definition) is 8. The molecule has 3 aromatic rings. The standard InChI is InChI=1S/C38H48ClN3O8S2/c1-37(2,3)29-22-27(23-30(33(29)44)38(4,5)6)51-21-9-11-32(43)40-20-8-7-10-31(36(47)48)41-34(45)24-12-14-25(15-13-24)35(46)42-52(49,50)28-18-16-26(39)17-19-28/h12-19,22-23,31,44H,7-11,20-21H2,1-6H3,(H,40,43)(H,41,45)(H,42,46)(H,47,48)/t31-/m0/s1. The maximum absolute atomic E-state index is 12.8. The van der Waals surface area contributed by atoms with Gasteiger partial charge in [-0.05, 0) is 103 Å². The number of carbonyl (C=O) groups is 4. The van der Waals surface area contributed by atoms with Crippen LogP contribution in [0.15, 0.2) is 70.5 Å². The first-order valence-electron chi connectivity index (χ1n) is 16.9. The molecule has 3 aromatic carbocycles. The van der Waals surface area contributed by atoms with Crippen molar-refractivity contribution in [1.82, 2.24) is 15.4 Å². The number of unbranched alkanes of at least 4 members (excludes halogenated alkanes) is 1. The van der Waals surface area contributed by atoms with Crippen LogP contribution in [0.1, 0.15) is 105 Å². The molecule has 0 saturated heterocycles. The lowest BCUT2D eigenvalue weighted by atomic mass is 9.79. The second-order valence-corrected chi connectivity index (χ2v) is 17.8. The number of sulfonamides is 1. The number of halogens is 1. The van der Waals surface area contributed by atoms with Crippen LogP contribution in [0.4, 0.5) is 0 Å². The molecule has 0 aliphatic heterocycles. The summed E-state index contributed by atoms with van der Waals surface area (Å²) >= 11 is 7.44. The van der Waals surface area contributed by atoms with E-state index in [1.165, 1.54) is 48.5 Å². The molecule has 3 rings (SSSR count). The van der Waals surface area contributed by atoms with Gasteiger partial charge in [0.05, 0.1) is 4.90 Å². The normalized spacial score (nSPS) is 12.5. The minimum absolute atomic E-state index is 0.0219. The van der Waals surface area contributed by atoms with Gasteiger partial charge in [0.2, 0.25) is 5.91 Å². The van der Waals surface area contributed by atoms with Gasteiger partial charge in [-0.3, -0.25) is 14.4 Å². The van der Waals surface area contributed by atoms with Crippen LogP contribution in [0.5, 0.6) is 5.75 Å². The van der Waals surface area contributed by atoms with Gasteiger partial charge in [-0.2, -0.15) is 0 Å². The van der Waals surface area contributed by atoms with E-state index in [0.29, 0.717) is 43.0 Å². The minimum atomic E-state index is -4.15. The summed E-state index contributed by atoms with van der Waals surface area (Å²) < 4.78 is 26.9. The number of rotatable bonds is 16. The van der Waals surface area contributed by atoms with E-state index in [1.54, 1.807) is 11.8 Å². The van der Waals surface area contributed by atoms with Gasteiger partial charge in [-0.15, -0.1) is 11.8 Å². The first-order valence-corrected chi connectivity index (χ1v) is 19.8. The molecular formula is C38H48ClN3O8S2. The molecular weight excluding hydrogens is 726 g/mol. The van der Waals surface area contributed by atoms with E-state index in [9.17, 15) is 37.8 Å². The first kappa shape index (κ1) is 42.3. The number of amides is 3. The summed E-state index contributed by atoms with van der Waals surface area (Å²) in [5.74, 6) is -1.82. The van der Waals surface area contributed by atoms with Gasteiger partial charge in [0.25, 0.3) is 21.8 Å². The molecule has 0 bridgehead atoms. The van der Waals surface area contributed by atoms with Crippen LogP contribution in [0.2, 0.25) is 5.02 Å². The molecule has 0 aliphatic rings. The fraction of sp³-hybridized carbons (Fsp3) is 0.421. The topological polar surface area (TPSA) is 179 Å². The maximum atomic E-state index is 12.8. The van der Waals surface area contributed by atoms with Crippen molar-refractivity contribution in [2.45, 2.75) is 100 Å². The summed E-state index contributed by atoms with van der Waals surface area (Å²) in [6, 6.07) is 13.3. The van der Waals surface area contributed by atoms with Crippen LogP contribution < -0.4 is 15.4 Å². The largest absolute Gasteiger partial charge is 0.507 e. The molecule has 11 nitrogen and oxygen atoms in total. The SMILES string of the molecule is CC(C)(C)c1cc(SCCCC(=O)NCCCC[C@H](NC(=O)c2ccc(C(=O)NS(=O)(=O)c3ccc(Cl)cc3)cc2)C(=O)O)cc(C(C)(C)C)c1O. The maximum Gasteiger partial charge on any atom is 0.326 e. The van der Waals surface area contributed by atoms with E-state index in [2.05, 4.69) is 52.2 Å². The van der Waals surface area contributed by atoms with Crippen molar-refractivity contribution < 1.29 is 37.8 Å². The zero-order valence-corrected chi connectivity index (χ0v) is 32.7. The molecule has 0 aromatic heterocycles. The van der Waals surface area contributed by atoms with Crippen molar-refractivity contribution in [3.05, 3.63) is 87.9 Å². The molecule has 14 heteroatoms. The summed E-state index contributed by atoms with van der Waals surface area (Å²) in [4.78, 5) is 50.5. The van der Waals surface area contributed by atoms with Gasteiger partial charge in [0, 0.05) is 45.1 Å². The number of benzene rings is 3. The van der Waals surface area contributed by atoms with E-state index in [1.807, 2.05) is 16.9 Å². The number of hydrogen-bond donors (Lipinski definition) is 5. The average Bonchev–Trinajstić information content (AvgIpc) is 3.05. The zero-order chi connectivity index (χ0) is 38.9. The van der Waals surface area contributed by atoms with Crippen molar-refractivity contribution in [2.75, 3.05) is 12.3 Å². The van der Waals surface area contributed by atoms with Gasteiger partial charge in [-0.1, -0.05) is 53.1 Å². The first-order chi connectivity index (χ1) is 24.2. The Balaban J connectivity index is 1.41. The van der Waals surface area contributed by atoms with Gasteiger partial charge in [0.15, 0.2) is 0 Å². The number of phenols is 1. The highest BCUT2D eigenvalue weighted by Crippen LogP contribution is 2.41. The Morgan fingerprint density at radius 3 is 1.87 bits per heavy atom. The summed E-state index contributed by atoms with van der Waals surface area (Å²) in [6.07, 6.45) is 2.09. The number of carboxylic acids is 1. The fourth-order valence-electron chi connectivity index (χ4n) is 5.17. The number of aromatic hydroxyl groups is 1. The highest BCUT2D eigenvalue weighted by molar-refractivity contribution is 7.99. The van der Waals surface area contributed by atoms with Crippen molar-refractivity contribution in [3.63, 3.8) is 0 Å². The van der Waals surface area contributed by atoms with Crippen molar-refractivity contribution in [2.24, 2.45) is 0 Å². The number of carbonyl (C=O) groups excluding carboxylic acids is 3. The predicted molar refractivity (Wildman–Crippen MR) is 204 cm³/mol. The fourth-order valence-corrected chi connectivity index (χ4v) is 7.20. The van der Waals surface area contributed by atoms with Gasteiger partial charge >= 0.3 is 5.97 Å². The van der Waals surface area contributed by atoms with E-state index in [0.717, 1.165) is 21.8 Å². The van der Waals surface area contributed by atoms with E-state index in [4.69, 9.17) is 11.6 Å². The Morgan fingerprint density at radius 1 is 0.808 bits per heavy atom. The zero-order valence-electron chi connectivity index (χ0n) is 30.3. The van der Waals surface area contributed by atoms with Gasteiger partial charge in [0.1, 0.15) is 11.8 Å². The highest BCUT2D eigenvalue weighted by Gasteiger charge is 2.27. The Kier molecular flexibility index (Phi) is 14.7. The molecule has 0 fully saturated rings. The highest BCUT2D eigenvalue weighted by atomic mass is 35.5. The molecule has 0 heterocycles. The van der Waals surface area contributed by atoms with E-state index < -0.39 is 33.8 Å². The Morgan fingerprint density at radius 2 is 1.35 bits per heavy atom. The second kappa shape index (κ2) is 18.1. The van der Waals surface area contributed by atoms with Crippen molar-refractivity contribution in [3.8, 4) is 5.75 Å². The molecule has 0 aliphatic carbocycles. The second-order valence-electron chi connectivity index (χ2n) is 14.5. The monoisotopic (exact) mass is 773 g/mol. The molecule has 0 saturated carbocycles. The molecule has 0 unspecified atom stereocenters. The van der Waals surface area contributed by atoms with Crippen LogP contribution in [0.25, 0.3) is 0 Å².